The van der Waals surface area contributed by atoms with E-state index in [1.54, 1.807) is 0 Å². The van der Waals surface area contributed by atoms with Gasteiger partial charge in [-0.3, -0.25) is 9.59 Å². The predicted molar refractivity (Wildman–Crippen MR) is 128 cm³/mol. The molecule has 0 aromatic heterocycles. The minimum atomic E-state index is -0.0955. The van der Waals surface area contributed by atoms with Gasteiger partial charge in [0.05, 0.1) is 0 Å². The fourth-order valence-corrected chi connectivity index (χ4v) is 5.64. The summed E-state index contributed by atoms with van der Waals surface area (Å²) in [7, 11) is 1.97. The Kier molecular flexibility index (Phi) is 8.24. The van der Waals surface area contributed by atoms with Crippen molar-refractivity contribution in [2.45, 2.75) is 0 Å². The first-order chi connectivity index (χ1) is 10.4. The van der Waals surface area contributed by atoms with E-state index in [0.717, 1.165) is 35.9 Å². The van der Waals surface area contributed by atoms with E-state index in [0.29, 0.717) is 11.1 Å². The normalized spacial score (nSPS) is 10.5. The van der Waals surface area contributed by atoms with Gasteiger partial charge < -0.3 is 0 Å². The van der Waals surface area contributed by atoms with Crippen LogP contribution in [0.15, 0.2) is 36.4 Å². The van der Waals surface area contributed by atoms with Gasteiger partial charge in [0, 0.05) is 25.4 Å². The van der Waals surface area contributed by atoms with E-state index in [2.05, 4.69) is 90.4 Å². The minimum absolute atomic E-state index is 0.0955. The van der Waals surface area contributed by atoms with Crippen LogP contribution in [0.1, 0.15) is 20.7 Å². The second kappa shape index (κ2) is 9.20. The molecule has 0 saturated carbocycles. The molecule has 0 spiro atoms. The lowest BCUT2D eigenvalue weighted by molar-refractivity contribution is 0.107. The SMILES string of the molecule is O=C(SSC(=O)c1cc(I)ccc1I)c1cc(I)ccc1I. The van der Waals surface area contributed by atoms with Crippen LogP contribution in [0, 0.1) is 14.3 Å². The van der Waals surface area contributed by atoms with Crippen molar-refractivity contribution in [3.8, 4) is 0 Å². The van der Waals surface area contributed by atoms with Crippen molar-refractivity contribution in [3.63, 3.8) is 0 Å². The Bertz CT molecular complexity index is 686. The zero-order chi connectivity index (χ0) is 16.3. The molecular formula is C14H6I4O2S2. The standard InChI is InChI=1S/C14H6I4O2S2/c15-7-1-3-11(17)9(5-7)13(19)21-22-14(20)10-6-8(16)2-4-12(10)18/h1-6H. The Balaban J connectivity index is 2.09. The molecule has 0 saturated heterocycles. The second-order valence-electron chi connectivity index (χ2n) is 3.99. The number of halogens is 4. The van der Waals surface area contributed by atoms with Gasteiger partial charge in [-0.1, -0.05) is 0 Å². The summed E-state index contributed by atoms with van der Waals surface area (Å²) in [6, 6.07) is 11.4. The van der Waals surface area contributed by atoms with E-state index in [1.807, 2.05) is 36.4 Å². The molecule has 0 N–H and O–H groups in total. The van der Waals surface area contributed by atoms with Crippen LogP contribution < -0.4 is 0 Å². The monoisotopic (exact) mass is 778 g/mol. The first-order valence-corrected chi connectivity index (χ1v) is 12.2. The zero-order valence-electron chi connectivity index (χ0n) is 10.6. The van der Waals surface area contributed by atoms with Crippen LogP contribution in [-0.4, -0.2) is 10.2 Å². The smallest absolute Gasteiger partial charge is 0.231 e. The first kappa shape index (κ1) is 19.7. The van der Waals surface area contributed by atoms with Gasteiger partial charge in [0.25, 0.3) is 0 Å². The van der Waals surface area contributed by atoms with Gasteiger partial charge in [-0.25, -0.2) is 0 Å². The maximum Gasteiger partial charge on any atom is 0.231 e. The lowest BCUT2D eigenvalue weighted by Crippen LogP contribution is -2.00. The maximum atomic E-state index is 12.3. The molecule has 0 fully saturated rings. The van der Waals surface area contributed by atoms with Gasteiger partial charge in [0.1, 0.15) is 0 Å². The van der Waals surface area contributed by atoms with Crippen LogP contribution in [0.5, 0.6) is 0 Å². The van der Waals surface area contributed by atoms with Gasteiger partial charge in [0.15, 0.2) is 0 Å². The summed E-state index contributed by atoms with van der Waals surface area (Å²) in [5.74, 6) is 0. The molecule has 0 amide bonds. The van der Waals surface area contributed by atoms with Crippen molar-refractivity contribution >= 4 is 122 Å². The topological polar surface area (TPSA) is 34.1 Å². The van der Waals surface area contributed by atoms with Crippen molar-refractivity contribution in [1.29, 1.82) is 0 Å². The highest BCUT2D eigenvalue weighted by molar-refractivity contribution is 14.1. The summed E-state index contributed by atoms with van der Waals surface area (Å²) in [6.45, 7) is 0. The van der Waals surface area contributed by atoms with Gasteiger partial charge in [-0.2, -0.15) is 0 Å². The lowest BCUT2D eigenvalue weighted by atomic mass is 10.2. The van der Waals surface area contributed by atoms with Gasteiger partial charge in [-0.05, 0) is 148 Å². The fraction of sp³-hybridized carbons (Fsp3) is 0. The number of carbonyl (C=O) groups is 2. The van der Waals surface area contributed by atoms with E-state index < -0.39 is 0 Å². The molecule has 0 bridgehead atoms. The minimum Gasteiger partial charge on any atom is -0.281 e. The van der Waals surface area contributed by atoms with Crippen LogP contribution >= 0.6 is 112 Å². The molecule has 0 unspecified atom stereocenters. The molecule has 2 nitrogen and oxygen atoms in total. The molecule has 2 aromatic rings. The van der Waals surface area contributed by atoms with Crippen LogP contribution in [0.2, 0.25) is 0 Å². The number of hydrogen-bond donors (Lipinski definition) is 0. The van der Waals surface area contributed by atoms with E-state index in [-0.39, 0.29) is 10.2 Å². The van der Waals surface area contributed by atoms with Crippen molar-refractivity contribution in [1.82, 2.24) is 0 Å². The summed E-state index contributed by atoms with van der Waals surface area (Å²) in [5.41, 5.74) is 1.30. The average Bonchev–Trinajstić information content (AvgIpc) is 2.49. The summed E-state index contributed by atoms with van der Waals surface area (Å²) >= 11 is 8.62. The molecule has 0 aliphatic heterocycles. The molecule has 0 radical (unpaired) electrons. The third kappa shape index (κ3) is 5.46. The molecule has 114 valence electrons. The van der Waals surface area contributed by atoms with Crippen LogP contribution in [0.3, 0.4) is 0 Å². The average molecular weight is 778 g/mol. The molecule has 8 heteroatoms. The van der Waals surface area contributed by atoms with Gasteiger partial charge in [0.2, 0.25) is 10.2 Å². The molecule has 0 atom stereocenters. The lowest BCUT2D eigenvalue weighted by Gasteiger charge is -2.05. The maximum absolute atomic E-state index is 12.3. The van der Waals surface area contributed by atoms with E-state index in [1.165, 1.54) is 0 Å². The fourth-order valence-electron chi connectivity index (χ4n) is 1.47. The van der Waals surface area contributed by atoms with Crippen LogP contribution in [0.4, 0.5) is 0 Å². The Hall–Kier alpha value is 1.40. The van der Waals surface area contributed by atoms with Gasteiger partial charge in [-0.15, -0.1) is 0 Å². The molecule has 0 aliphatic carbocycles. The van der Waals surface area contributed by atoms with E-state index in [4.69, 9.17) is 0 Å². The third-order valence-electron chi connectivity index (χ3n) is 2.49. The Morgan fingerprint density at radius 2 is 1.05 bits per heavy atom. The second-order valence-corrected chi connectivity index (χ2v) is 10.9. The predicted octanol–water partition coefficient (Wildman–Crippen LogP) is 6.47. The quantitative estimate of drug-likeness (QED) is 0.259. The van der Waals surface area contributed by atoms with Crippen LogP contribution in [-0.2, 0) is 0 Å². The first-order valence-electron chi connectivity index (χ1n) is 5.72. The van der Waals surface area contributed by atoms with E-state index in [9.17, 15) is 9.59 Å². The highest BCUT2D eigenvalue weighted by atomic mass is 127. The molecule has 0 aliphatic rings. The molecule has 0 heterocycles. The van der Waals surface area contributed by atoms with Crippen molar-refractivity contribution < 1.29 is 9.59 Å². The van der Waals surface area contributed by atoms with Gasteiger partial charge >= 0.3 is 0 Å². The highest BCUT2D eigenvalue weighted by Gasteiger charge is 2.17. The zero-order valence-corrected chi connectivity index (χ0v) is 20.9. The number of benzene rings is 2. The summed E-state index contributed by atoms with van der Waals surface area (Å²) in [5, 5.41) is -0.191. The van der Waals surface area contributed by atoms with Crippen molar-refractivity contribution in [2.24, 2.45) is 0 Å². The highest BCUT2D eigenvalue weighted by Crippen LogP contribution is 2.33. The number of carbonyl (C=O) groups excluding carboxylic acids is 2. The van der Waals surface area contributed by atoms with Crippen molar-refractivity contribution in [2.75, 3.05) is 0 Å². The third-order valence-corrected chi connectivity index (χ3v) is 7.70. The summed E-state index contributed by atoms with van der Waals surface area (Å²) in [6.07, 6.45) is 0. The Labute approximate surface area is 190 Å². The Morgan fingerprint density at radius 3 is 1.41 bits per heavy atom. The summed E-state index contributed by atoms with van der Waals surface area (Å²) < 4.78 is 3.80. The molecular weight excluding hydrogens is 772 g/mol. The Morgan fingerprint density at radius 1 is 0.682 bits per heavy atom. The number of hydrogen-bond acceptors (Lipinski definition) is 4. The molecule has 2 aromatic carbocycles. The van der Waals surface area contributed by atoms with Crippen molar-refractivity contribution in [3.05, 3.63) is 61.8 Å². The largest absolute Gasteiger partial charge is 0.281 e. The van der Waals surface area contributed by atoms with E-state index >= 15 is 0 Å². The number of rotatable bonds is 2. The molecule has 22 heavy (non-hydrogen) atoms. The summed E-state index contributed by atoms with van der Waals surface area (Å²) in [4.78, 5) is 24.6. The van der Waals surface area contributed by atoms with Crippen LogP contribution in [0.25, 0.3) is 0 Å². The molecule has 2 rings (SSSR count).